The van der Waals surface area contributed by atoms with E-state index in [2.05, 4.69) is 38.3 Å². The second-order valence-electron chi connectivity index (χ2n) is 15.4. The lowest BCUT2D eigenvalue weighted by Gasteiger charge is -2.52. The second-order valence-corrected chi connectivity index (χ2v) is 15.4. The molecule has 7 heteroatoms. The van der Waals surface area contributed by atoms with Gasteiger partial charge in [-0.15, -0.1) is 0 Å². The van der Waals surface area contributed by atoms with Crippen molar-refractivity contribution < 1.29 is 19.1 Å². The minimum atomic E-state index is -0.256. The molecule has 1 aromatic rings. The van der Waals surface area contributed by atoms with Gasteiger partial charge in [-0.3, -0.25) is 10.1 Å². The molecule has 4 saturated heterocycles. The minimum absolute atomic E-state index is 0.0479. The Kier molecular flexibility index (Phi) is 5.87. The molecule has 0 radical (unpaired) electrons. The lowest BCUT2D eigenvalue weighted by molar-refractivity contribution is -0.129. The molecule has 1 aromatic carbocycles. The summed E-state index contributed by atoms with van der Waals surface area (Å²) in [5, 5.41) is 7.55. The molecule has 10 unspecified atom stereocenters. The van der Waals surface area contributed by atoms with Crippen molar-refractivity contribution in [2.24, 2.45) is 23.2 Å². The first-order chi connectivity index (χ1) is 20.1. The molecule has 4 heterocycles. The van der Waals surface area contributed by atoms with Gasteiger partial charge in [-0.05, 0) is 86.7 Å². The molecule has 4 aliphatic heterocycles. The van der Waals surface area contributed by atoms with Crippen molar-refractivity contribution in [3.8, 4) is 0 Å². The zero-order valence-corrected chi connectivity index (χ0v) is 25.7. The van der Waals surface area contributed by atoms with Gasteiger partial charge in [0.25, 0.3) is 0 Å². The molecule has 7 nitrogen and oxygen atoms in total. The van der Waals surface area contributed by atoms with Gasteiger partial charge >= 0.3 is 6.09 Å². The number of nitrogens with one attached hydrogen (secondary N) is 2. The maximum Gasteiger partial charge on any atom is 0.410 e. The average molecular weight is 574 g/mol. The van der Waals surface area contributed by atoms with Gasteiger partial charge in [0.1, 0.15) is 6.61 Å². The predicted octanol–water partition coefficient (Wildman–Crippen LogP) is 5.49. The molecule has 226 valence electrons. The lowest BCUT2D eigenvalue weighted by Crippen LogP contribution is -2.60. The predicted molar refractivity (Wildman–Crippen MR) is 159 cm³/mol. The SMILES string of the molecule is CC1=C2CC3C4(C)CCC(=O)NC4CCC34NC24CCC2(C1)OC1CC(C)CN(C(=O)OCc3ccccc3)C1C2C. The van der Waals surface area contributed by atoms with Crippen molar-refractivity contribution in [3.63, 3.8) is 0 Å². The summed E-state index contributed by atoms with van der Waals surface area (Å²) in [4.78, 5) is 27.8. The summed E-state index contributed by atoms with van der Waals surface area (Å²) in [7, 11) is 0. The normalized spacial score (nSPS) is 47.0. The Bertz CT molecular complexity index is 1350. The zero-order valence-electron chi connectivity index (χ0n) is 25.7. The Morgan fingerprint density at radius 1 is 1.14 bits per heavy atom. The molecule has 7 aliphatic rings. The Labute approximate surface area is 250 Å². The molecule has 3 spiro atoms. The summed E-state index contributed by atoms with van der Waals surface area (Å²) in [6.07, 6.45) is 8.92. The van der Waals surface area contributed by atoms with Crippen LogP contribution in [0.15, 0.2) is 41.5 Å². The van der Waals surface area contributed by atoms with E-state index in [-0.39, 0.29) is 52.2 Å². The van der Waals surface area contributed by atoms with Gasteiger partial charge in [-0.2, -0.15) is 0 Å². The maximum atomic E-state index is 13.6. The summed E-state index contributed by atoms with van der Waals surface area (Å²) in [5.74, 6) is 1.42. The Morgan fingerprint density at radius 3 is 2.76 bits per heavy atom. The van der Waals surface area contributed by atoms with Crippen LogP contribution < -0.4 is 10.6 Å². The molecule has 6 fully saturated rings. The van der Waals surface area contributed by atoms with Crippen molar-refractivity contribution in [1.82, 2.24) is 15.5 Å². The van der Waals surface area contributed by atoms with Gasteiger partial charge in [-0.25, -0.2) is 4.79 Å². The number of carbonyl (C=O) groups excluding carboxylic acids is 2. The smallest absolute Gasteiger partial charge is 0.410 e. The first kappa shape index (κ1) is 27.2. The number of benzene rings is 1. The van der Waals surface area contributed by atoms with Gasteiger partial charge < -0.3 is 19.7 Å². The van der Waals surface area contributed by atoms with E-state index in [0.717, 1.165) is 63.5 Å². The van der Waals surface area contributed by atoms with Crippen molar-refractivity contribution in [2.45, 2.75) is 127 Å². The first-order valence-electron chi connectivity index (χ1n) is 16.5. The first-order valence-corrected chi connectivity index (χ1v) is 16.5. The molecule has 2 saturated carbocycles. The highest BCUT2D eigenvalue weighted by atomic mass is 16.6. The molecule has 3 aliphatic carbocycles. The highest BCUT2D eigenvalue weighted by Gasteiger charge is 2.80. The van der Waals surface area contributed by atoms with E-state index < -0.39 is 0 Å². The fourth-order valence-corrected chi connectivity index (χ4v) is 11.3. The van der Waals surface area contributed by atoms with Crippen LogP contribution >= 0.6 is 0 Å². The van der Waals surface area contributed by atoms with Crippen LogP contribution in [0.1, 0.15) is 91.0 Å². The van der Waals surface area contributed by atoms with Crippen LogP contribution in [0.25, 0.3) is 0 Å². The summed E-state index contributed by atoms with van der Waals surface area (Å²) >= 11 is 0. The monoisotopic (exact) mass is 573 g/mol. The molecule has 0 bridgehead atoms. The van der Waals surface area contributed by atoms with Crippen LogP contribution in [0.3, 0.4) is 0 Å². The van der Waals surface area contributed by atoms with E-state index in [1.54, 1.807) is 5.57 Å². The Hall–Kier alpha value is -2.38. The fourth-order valence-electron chi connectivity index (χ4n) is 11.3. The largest absolute Gasteiger partial charge is 0.445 e. The number of hydrogen-bond acceptors (Lipinski definition) is 5. The number of carbonyl (C=O) groups is 2. The maximum absolute atomic E-state index is 13.6. The number of likely N-dealkylation sites (tertiary alicyclic amines) is 1. The third-order valence-corrected chi connectivity index (χ3v) is 13.4. The standard InChI is InChI=1S/C35H47N3O4/c1-21-16-26-30(38(19-21)31(40)41-20-24-8-6-5-7-9-24)23(3)33(42-26)14-15-34-25(22(2)18-33)17-27-32(4)12-11-29(39)36-28(32)10-13-35(27,34)37-34/h5-9,21,23,26-28,30,37H,10-20H2,1-4H3,(H,36,39). The molecule has 2 N–H and O–H groups in total. The van der Waals surface area contributed by atoms with Crippen LogP contribution in [0, 0.1) is 23.2 Å². The number of hydrogen-bond donors (Lipinski definition) is 2. The van der Waals surface area contributed by atoms with Gasteiger partial charge in [0.2, 0.25) is 5.91 Å². The second kappa shape index (κ2) is 9.07. The molecule has 0 aromatic heterocycles. The quantitative estimate of drug-likeness (QED) is 0.361. The molecular formula is C35H47N3O4. The number of nitrogens with zero attached hydrogens (tertiary/aromatic N) is 1. The number of rotatable bonds is 2. The Balaban J connectivity index is 1.05. The minimum Gasteiger partial charge on any atom is -0.445 e. The summed E-state index contributed by atoms with van der Waals surface area (Å²) < 4.78 is 13.1. The van der Waals surface area contributed by atoms with Crippen molar-refractivity contribution in [2.75, 3.05) is 6.54 Å². The van der Waals surface area contributed by atoms with E-state index >= 15 is 0 Å². The van der Waals surface area contributed by atoms with Crippen LogP contribution in [0.5, 0.6) is 0 Å². The van der Waals surface area contributed by atoms with E-state index in [0.29, 0.717) is 30.9 Å². The van der Waals surface area contributed by atoms with Crippen LogP contribution in [0.2, 0.25) is 0 Å². The van der Waals surface area contributed by atoms with Gasteiger partial charge in [0.05, 0.1) is 23.3 Å². The van der Waals surface area contributed by atoms with Gasteiger partial charge in [0, 0.05) is 30.5 Å². The molecular weight excluding hydrogens is 526 g/mol. The number of fused-ring (bicyclic) bond motifs is 3. The van der Waals surface area contributed by atoms with E-state index in [9.17, 15) is 9.59 Å². The van der Waals surface area contributed by atoms with Crippen LogP contribution in [-0.4, -0.2) is 58.3 Å². The van der Waals surface area contributed by atoms with Crippen LogP contribution in [0.4, 0.5) is 4.79 Å². The van der Waals surface area contributed by atoms with E-state index in [1.807, 2.05) is 35.2 Å². The van der Waals surface area contributed by atoms with E-state index in [4.69, 9.17) is 9.47 Å². The van der Waals surface area contributed by atoms with Crippen molar-refractivity contribution in [1.29, 1.82) is 0 Å². The summed E-state index contributed by atoms with van der Waals surface area (Å²) in [5.41, 5.74) is 4.30. The third-order valence-electron chi connectivity index (χ3n) is 13.4. The number of amides is 2. The van der Waals surface area contributed by atoms with Crippen molar-refractivity contribution in [3.05, 3.63) is 47.0 Å². The highest BCUT2D eigenvalue weighted by molar-refractivity contribution is 5.77. The van der Waals surface area contributed by atoms with E-state index in [1.165, 1.54) is 5.57 Å². The summed E-state index contributed by atoms with van der Waals surface area (Å²) in [6, 6.07) is 10.3. The number of piperidine rings is 3. The van der Waals surface area contributed by atoms with Gasteiger partial charge in [0.15, 0.2) is 0 Å². The Morgan fingerprint density at radius 2 is 1.95 bits per heavy atom. The molecule has 10 atom stereocenters. The highest BCUT2D eigenvalue weighted by Crippen LogP contribution is 2.72. The molecule has 42 heavy (non-hydrogen) atoms. The fraction of sp³-hybridized carbons (Fsp3) is 0.714. The van der Waals surface area contributed by atoms with Gasteiger partial charge in [-0.1, -0.05) is 56.7 Å². The molecule has 2 amide bonds. The topological polar surface area (TPSA) is 89.8 Å². The third kappa shape index (κ3) is 3.59. The lowest BCUT2D eigenvalue weighted by atomic mass is 9.56. The van der Waals surface area contributed by atoms with Crippen LogP contribution in [-0.2, 0) is 20.9 Å². The zero-order chi connectivity index (χ0) is 29.1. The summed E-state index contributed by atoms with van der Waals surface area (Å²) in [6.45, 7) is 10.4. The number of ether oxygens (including phenoxy) is 2. The average Bonchev–Trinajstić information content (AvgIpc) is 3.44. The molecule has 8 rings (SSSR count). The van der Waals surface area contributed by atoms with Crippen molar-refractivity contribution >= 4 is 12.0 Å².